The number of amides is 1. The van der Waals surface area contributed by atoms with Crippen molar-refractivity contribution in [2.45, 2.75) is 37.5 Å². The number of phenolic OH excluding ortho intramolecular Hbond substituents is 1. The lowest BCUT2D eigenvalue weighted by Crippen LogP contribution is -2.65. The number of benzene rings is 2. The monoisotopic (exact) mass is 578 g/mol. The van der Waals surface area contributed by atoms with Gasteiger partial charge in [0, 0.05) is 29.0 Å². The first-order valence-corrected chi connectivity index (χ1v) is 13.6. The van der Waals surface area contributed by atoms with Gasteiger partial charge in [0.05, 0.1) is 21.9 Å². The number of nitro benzene ring substituents is 1. The molecule has 1 saturated heterocycles. The predicted molar refractivity (Wildman–Crippen MR) is 148 cm³/mol. The zero-order chi connectivity index (χ0) is 30.4. The Hall–Kier alpha value is -4.33. The molecule has 2 aromatic rings. The van der Waals surface area contributed by atoms with Gasteiger partial charge >= 0.3 is 0 Å². The molecule has 0 unspecified atom stereocenters. The average molecular weight is 579 g/mol. The molecule has 1 heterocycles. The fourth-order valence-corrected chi connectivity index (χ4v) is 7.24. The minimum Gasteiger partial charge on any atom is -0.508 e. The molecule has 6 rings (SSSR count). The van der Waals surface area contributed by atoms with E-state index in [9.17, 15) is 44.9 Å². The van der Waals surface area contributed by atoms with Gasteiger partial charge in [-0.2, -0.15) is 0 Å². The van der Waals surface area contributed by atoms with Crippen LogP contribution in [0.4, 0.5) is 5.69 Å². The van der Waals surface area contributed by atoms with Crippen LogP contribution >= 0.6 is 0 Å². The van der Waals surface area contributed by atoms with E-state index in [1.165, 1.54) is 19.0 Å². The normalized spacial score (nSPS) is 27.6. The lowest BCUT2D eigenvalue weighted by molar-refractivity contribution is -0.383. The number of Topliss-reactive ketones (excluding diaryl/α,β-unsaturated/α-hetero) is 2. The fourth-order valence-electron chi connectivity index (χ4n) is 7.24. The molecule has 3 aliphatic carbocycles. The number of aliphatic hydroxyl groups is 3. The second kappa shape index (κ2) is 9.34. The molecule has 42 heavy (non-hydrogen) atoms. The van der Waals surface area contributed by atoms with Crippen LogP contribution in [0.5, 0.6) is 5.75 Å². The summed E-state index contributed by atoms with van der Waals surface area (Å²) in [6.07, 6.45) is 0.747. The van der Waals surface area contributed by atoms with Gasteiger partial charge in [0.2, 0.25) is 5.78 Å². The van der Waals surface area contributed by atoms with Crippen molar-refractivity contribution in [1.82, 2.24) is 9.80 Å². The van der Waals surface area contributed by atoms with E-state index in [4.69, 9.17) is 5.73 Å². The average Bonchev–Trinajstić information content (AvgIpc) is 2.88. The van der Waals surface area contributed by atoms with Crippen LogP contribution < -0.4 is 5.73 Å². The second-order valence-electron chi connectivity index (χ2n) is 11.8. The predicted octanol–water partition coefficient (Wildman–Crippen LogP) is 1.23. The molecule has 6 N–H and O–H groups in total. The van der Waals surface area contributed by atoms with Crippen LogP contribution in [0.15, 0.2) is 35.1 Å². The molecular weight excluding hydrogens is 548 g/mol. The molecule has 1 amide bonds. The van der Waals surface area contributed by atoms with Gasteiger partial charge in [0.15, 0.2) is 11.4 Å². The number of fused-ring (bicyclic) bond motifs is 4. The number of nitrogens with two attached hydrogens (primary N) is 1. The lowest BCUT2D eigenvalue weighted by Gasteiger charge is -2.50. The molecule has 13 nitrogen and oxygen atoms in total. The van der Waals surface area contributed by atoms with E-state index in [0.717, 1.165) is 25.1 Å². The highest BCUT2D eigenvalue weighted by Crippen LogP contribution is 2.55. The highest BCUT2D eigenvalue weighted by atomic mass is 16.6. The first-order chi connectivity index (χ1) is 19.8. The first kappa shape index (κ1) is 27.8. The highest BCUT2D eigenvalue weighted by Gasteiger charge is 2.64. The third-order valence-electron chi connectivity index (χ3n) is 9.27. The summed E-state index contributed by atoms with van der Waals surface area (Å²) in [5.41, 5.74) is 1.50. The number of aliphatic hydroxyl groups excluding tert-OH is 2. The van der Waals surface area contributed by atoms with Crippen LogP contribution in [0.2, 0.25) is 0 Å². The Balaban J connectivity index is 1.58. The van der Waals surface area contributed by atoms with Crippen molar-refractivity contribution in [3.05, 3.63) is 61.9 Å². The van der Waals surface area contributed by atoms with E-state index < -0.39 is 68.7 Å². The third kappa shape index (κ3) is 3.63. The maximum Gasteiger partial charge on any atom is 0.281 e. The van der Waals surface area contributed by atoms with Crippen LogP contribution in [0, 0.1) is 22.0 Å². The number of aromatic hydroxyl groups is 1. The van der Waals surface area contributed by atoms with Crippen LogP contribution in [-0.2, 0) is 27.3 Å². The van der Waals surface area contributed by atoms with Gasteiger partial charge in [0.1, 0.15) is 22.8 Å². The maximum absolute atomic E-state index is 14.0. The molecule has 2 fully saturated rings. The van der Waals surface area contributed by atoms with Crippen molar-refractivity contribution in [2.75, 3.05) is 27.2 Å². The molecule has 220 valence electrons. The van der Waals surface area contributed by atoms with Gasteiger partial charge in [-0.15, -0.1) is 0 Å². The molecule has 13 heteroatoms. The van der Waals surface area contributed by atoms with Crippen LogP contribution in [0.1, 0.15) is 29.5 Å². The van der Waals surface area contributed by atoms with E-state index >= 15 is 0 Å². The molecule has 4 aliphatic rings. The summed E-state index contributed by atoms with van der Waals surface area (Å²) in [5, 5.41) is 58.4. The summed E-state index contributed by atoms with van der Waals surface area (Å²) >= 11 is 0. The van der Waals surface area contributed by atoms with Crippen molar-refractivity contribution >= 4 is 39.7 Å². The van der Waals surface area contributed by atoms with E-state index in [1.54, 1.807) is 18.2 Å². The van der Waals surface area contributed by atoms with Crippen molar-refractivity contribution in [1.29, 1.82) is 0 Å². The van der Waals surface area contributed by atoms with Gasteiger partial charge in [-0.3, -0.25) is 34.3 Å². The standard InChI is InChI=1S/C29H30N4O9/c1-31(2)22-17-10-13-9-16-19(24(35)18(13)26(37)29(17,40)27(38)20(25(22)36)28(30)39)23(34)15-8-12(11-32-6-3-7-32)4-5-14(15)21(16)33(41)42/h4-5,8,13,17,22,34-35,38,40H,3,6-7,9-11H2,1-2H3,(H2,30,39)/t13-,17-,22-,29-/m0/s1. The SMILES string of the molecule is CN(C)[C@@H]1C(=O)C(C(N)=O)=C(O)[C@@]2(O)C(=O)C3=C(O)c4c(c([N+](=O)[O-])c5ccc(CN6CCC6)cc5c4O)C[C@H]3C[C@@H]12. The second-order valence-corrected chi connectivity index (χ2v) is 11.8. The molecule has 1 aliphatic heterocycles. The van der Waals surface area contributed by atoms with Crippen LogP contribution in [-0.4, -0.2) is 91.5 Å². The molecule has 0 radical (unpaired) electrons. The quantitative estimate of drug-likeness (QED) is 0.194. The van der Waals surface area contributed by atoms with Gasteiger partial charge < -0.3 is 26.2 Å². The zero-order valence-electron chi connectivity index (χ0n) is 23.0. The highest BCUT2D eigenvalue weighted by molar-refractivity contribution is 6.24. The summed E-state index contributed by atoms with van der Waals surface area (Å²) < 4.78 is 0. The van der Waals surface area contributed by atoms with Crippen molar-refractivity contribution in [3.63, 3.8) is 0 Å². The Bertz CT molecular complexity index is 1690. The summed E-state index contributed by atoms with van der Waals surface area (Å²) in [7, 11) is 3.00. The minimum atomic E-state index is -2.78. The smallest absolute Gasteiger partial charge is 0.281 e. The number of nitrogens with zero attached hydrogens (tertiary/aromatic N) is 3. The third-order valence-corrected chi connectivity index (χ3v) is 9.27. The summed E-state index contributed by atoms with van der Waals surface area (Å²) in [6, 6.07) is 3.70. The number of nitro groups is 1. The summed E-state index contributed by atoms with van der Waals surface area (Å²) in [5.74, 6) is -7.95. The van der Waals surface area contributed by atoms with Gasteiger partial charge in [0.25, 0.3) is 11.6 Å². The van der Waals surface area contributed by atoms with Gasteiger partial charge in [-0.25, -0.2) is 0 Å². The Kier molecular flexibility index (Phi) is 6.19. The zero-order valence-corrected chi connectivity index (χ0v) is 23.0. The van der Waals surface area contributed by atoms with Crippen LogP contribution in [0.3, 0.4) is 0 Å². The van der Waals surface area contributed by atoms with Gasteiger partial charge in [-0.05, 0) is 70.1 Å². The Labute approximate surface area is 239 Å². The number of phenols is 1. The number of likely N-dealkylation sites (tertiary alicyclic amines) is 1. The van der Waals surface area contributed by atoms with Crippen LogP contribution in [0.25, 0.3) is 16.5 Å². The Morgan fingerprint density at radius 2 is 1.88 bits per heavy atom. The number of hydrogen-bond acceptors (Lipinski definition) is 11. The number of hydrogen-bond donors (Lipinski definition) is 5. The first-order valence-electron chi connectivity index (χ1n) is 13.6. The number of carbonyl (C=O) groups excluding carboxylic acids is 3. The number of ketones is 2. The number of carbonyl (C=O) groups is 3. The van der Waals surface area contributed by atoms with Crippen molar-refractivity contribution < 1.29 is 39.7 Å². The molecule has 2 aromatic carbocycles. The molecule has 0 bridgehead atoms. The van der Waals surface area contributed by atoms with Gasteiger partial charge in [-0.1, -0.05) is 6.07 Å². The van der Waals surface area contributed by atoms with E-state index in [1.807, 2.05) is 0 Å². The van der Waals surface area contributed by atoms with E-state index in [2.05, 4.69) is 4.90 Å². The van der Waals surface area contributed by atoms with Crippen molar-refractivity contribution in [3.8, 4) is 5.75 Å². The molecule has 0 spiro atoms. The largest absolute Gasteiger partial charge is 0.508 e. The molecule has 4 atom stereocenters. The summed E-state index contributed by atoms with van der Waals surface area (Å²) in [6.45, 7) is 2.39. The Morgan fingerprint density at radius 3 is 2.45 bits per heavy atom. The number of primary amides is 1. The molecular formula is C29H30N4O9. The minimum absolute atomic E-state index is 0.0195. The summed E-state index contributed by atoms with van der Waals surface area (Å²) in [4.78, 5) is 54.8. The van der Waals surface area contributed by atoms with E-state index in [-0.39, 0.29) is 46.0 Å². The molecule has 0 aromatic heterocycles. The lowest BCUT2D eigenvalue weighted by atomic mass is 9.57. The number of rotatable bonds is 5. The Morgan fingerprint density at radius 1 is 1.19 bits per heavy atom. The fraction of sp³-hybridized carbons (Fsp3) is 0.414. The molecule has 1 saturated carbocycles. The number of likely N-dealkylation sites (N-methyl/N-ethyl adjacent to an activating group) is 1. The van der Waals surface area contributed by atoms with E-state index in [0.29, 0.717) is 6.54 Å². The topological polar surface area (TPSA) is 208 Å². The maximum atomic E-state index is 14.0. The van der Waals surface area contributed by atoms with Crippen molar-refractivity contribution in [2.24, 2.45) is 17.6 Å².